The van der Waals surface area contributed by atoms with Crippen LogP contribution in [0.25, 0.3) is 0 Å². The van der Waals surface area contributed by atoms with E-state index in [0.717, 1.165) is 6.07 Å². The molecule has 0 fully saturated rings. The first kappa shape index (κ1) is 14.4. The van der Waals surface area contributed by atoms with Gasteiger partial charge in [0.1, 0.15) is 16.5 Å². The molecule has 0 atom stereocenters. The molecule has 0 aliphatic rings. The van der Waals surface area contributed by atoms with Crippen LogP contribution in [-0.4, -0.2) is 18.2 Å². The van der Waals surface area contributed by atoms with Crippen LogP contribution in [0, 0.1) is 11.6 Å². The Hall–Kier alpha value is -2.00. The van der Waals surface area contributed by atoms with Gasteiger partial charge >= 0.3 is 0 Å². The number of anilines is 1. The van der Waals surface area contributed by atoms with Crippen molar-refractivity contribution in [3.8, 4) is 0 Å². The van der Waals surface area contributed by atoms with Gasteiger partial charge in [-0.3, -0.25) is 4.68 Å². The van der Waals surface area contributed by atoms with Crippen molar-refractivity contribution in [3.05, 3.63) is 41.6 Å². The molecule has 2 aromatic rings. The van der Waals surface area contributed by atoms with Crippen molar-refractivity contribution in [2.24, 2.45) is 7.05 Å². The lowest BCUT2D eigenvalue weighted by Gasteiger charge is -2.06. The number of nitrogens with zero attached hydrogens (tertiary/aromatic N) is 2. The van der Waals surface area contributed by atoms with E-state index in [9.17, 15) is 17.2 Å². The number of sulfonamides is 1. The number of hydrogen-bond acceptors (Lipinski definition) is 4. The SMILES string of the molecule is Cn1cc(S(=O)(=O)NCc2ccc(F)cc2F)c(N)n1. The smallest absolute Gasteiger partial charge is 0.246 e. The van der Waals surface area contributed by atoms with E-state index in [0.29, 0.717) is 6.07 Å². The number of aryl methyl sites for hydroxylation is 1. The quantitative estimate of drug-likeness (QED) is 0.872. The van der Waals surface area contributed by atoms with Gasteiger partial charge in [-0.2, -0.15) is 5.10 Å². The van der Waals surface area contributed by atoms with Crippen molar-refractivity contribution in [3.63, 3.8) is 0 Å². The summed E-state index contributed by atoms with van der Waals surface area (Å²) in [6, 6.07) is 2.90. The van der Waals surface area contributed by atoms with Gasteiger partial charge in [0, 0.05) is 31.4 Å². The molecule has 20 heavy (non-hydrogen) atoms. The number of nitrogen functional groups attached to an aromatic ring is 1. The maximum absolute atomic E-state index is 13.4. The van der Waals surface area contributed by atoms with Crippen LogP contribution in [0.3, 0.4) is 0 Å². The highest BCUT2D eigenvalue weighted by Crippen LogP contribution is 2.16. The zero-order chi connectivity index (χ0) is 14.9. The van der Waals surface area contributed by atoms with E-state index in [1.165, 1.54) is 24.0 Å². The Morgan fingerprint density at radius 1 is 1.40 bits per heavy atom. The fourth-order valence-electron chi connectivity index (χ4n) is 1.61. The van der Waals surface area contributed by atoms with Crippen molar-refractivity contribution in [2.75, 3.05) is 5.73 Å². The maximum Gasteiger partial charge on any atom is 0.246 e. The summed E-state index contributed by atoms with van der Waals surface area (Å²) in [5, 5.41) is 3.71. The standard InChI is InChI=1S/C11H12F2N4O2S/c1-17-6-10(11(14)16-17)20(18,19)15-5-7-2-3-8(12)4-9(7)13/h2-4,6,15H,5H2,1H3,(H2,14,16). The minimum absolute atomic E-state index is 0.0254. The summed E-state index contributed by atoms with van der Waals surface area (Å²) in [7, 11) is -2.39. The van der Waals surface area contributed by atoms with Gasteiger partial charge in [0.15, 0.2) is 5.82 Å². The summed E-state index contributed by atoms with van der Waals surface area (Å²) < 4.78 is 53.5. The van der Waals surface area contributed by atoms with Crippen molar-refractivity contribution < 1.29 is 17.2 Å². The lowest BCUT2D eigenvalue weighted by molar-refractivity contribution is 0.562. The molecule has 108 valence electrons. The molecule has 0 amide bonds. The molecule has 9 heteroatoms. The molecule has 0 radical (unpaired) electrons. The van der Waals surface area contributed by atoms with Gasteiger partial charge < -0.3 is 5.73 Å². The van der Waals surface area contributed by atoms with Crippen molar-refractivity contribution in [1.29, 1.82) is 0 Å². The molecular weight excluding hydrogens is 290 g/mol. The number of halogens is 2. The zero-order valence-corrected chi connectivity index (χ0v) is 11.3. The van der Waals surface area contributed by atoms with Gasteiger partial charge in [-0.1, -0.05) is 6.07 Å². The van der Waals surface area contributed by atoms with E-state index in [1.807, 2.05) is 0 Å². The van der Waals surface area contributed by atoms with Crippen LogP contribution >= 0.6 is 0 Å². The maximum atomic E-state index is 13.4. The molecule has 0 aliphatic carbocycles. The van der Waals surface area contributed by atoms with Crippen LogP contribution in [0.1, 0.15) is 5.56 Å². The number of benzene rings is 1. The molecule has 1 aromatic heterocycles. The van der Waals surface area contributed by atoms with Crippen molar-refractivity contribution >= 4 is 15.8 Å². The third kappa shape index (κ3) is 2.94. The third-order valence-electron chi connectivity index (χ3n) is 2.58. The van der Waals surface area contributed by atoms with Gasteiger partial charge in [-0.25, -0.2) is 21.9 Å². The molecule has 1 aromatic carbocycles. The van der Waals surface area contributed by atoms with Crippen LogP contribution in [0.15, 0.2) is 29.3 Å². The average molecular weight is 302 g/mol. The summed E-state index contributed by atoms with van der Waals surface area (Å²) in [6.07, 6.45) is 1.23. The molecule has 0 spiro atoms. The molecule has 0 saturated carbocycles. The third-order valence-corrected chi connectivity index (χ3v) is 4.00. The van der Waals surface area contributed by atoms with E-state index >= 15 is 0 Å². The normalized spacial score (nSPS) is 11.8. The summed E-state index contributed by atoms with van der Waals surface area (Å²) in [6.45, 7) is -0.317. The molecule has 6 nitrogen and oxygen atoms in total. The predicted octanol–water partition coefficient (Wildman–Crippen LogP) is 0.759. The van der Waals surface area contributed by atoms with Crippen LogP contribution in [-0.2, 0) is 23.6 Å². The van der Waals surface area contributed by atoms with E-state index in [-0.39, 0.29) is 22.8 Å². The largest absolute Gasteiger partial charge is 0.381 e. The van der Waals surface area contributed by atoms with Gasteiger partial charge in [0.25, 0.3) is 0 Å². The van der Waals surface area contributed by atoms with E-state index in [2.05, 4.69) is 9.82 Å². The van der Waals surface area contributed by atoms with Gasteiger partial charge in [0.2, 0.25) is 10.0 Å². The zero-order valence-electron chi connectivity index (χ0n) is 10.5. The van der Waals surface area contributed by atoms with E-state index in [1.54, 1.807) is 0 Å². The summed E-state index contributed by atoms with van der Waals surface area (Å²) in [5.74, 6) is -1.71. The van der Waals surface area contributed by atoms with Crippen LogP contribution < -0.4 is 10.5 Å². The van der Waals surface area contributed by atoms with Gasteiger partial charge in [0.05, 0.1) is 0 Å². The summed E-state index contributed by atoms with van der Waals surface area (Å²) in [5.41, 5.74) is 5.50. The van der Waals surface area contributed by atoms with E-state index in [4.69, 9.17) is 5.73 Å². The monoisotopic (exact) mass is 302 g/mol. The van der Waals surface area contributed by atoms with E-state index < -0.39 is 21.7 Å². The van der Waals surface area contributed by atoms with Crippen LogP contribution in [0.4, 0.5) is 14.6 Å². The molecular formula is C11H12F2N4O2S. The molecule has 1 heterocycles. The van der Waals surface area contributed by atoms with Gasteiger partial charge in [-0.15, -0.1) is 0 Å². The minimum atomic E-state index is -3.91. The molecule has 0 saturated heterocycles. The molecule has 3 N–H and O–H groups in total. The first-order valence-corrected chi connectivity index (χ1v) is 7.00. The number of nitrogens with one attached hydrogen (secondary N) is 1. The number of aromatic nitrogens is 2. The van der Waals surface area contributed by atoms with Crippen molar-refractivity contribution in [2.45, 2.75) is 11.4 Å². The number of rotatable bonds is 4. The Kier molecular flexibility index (Phi) is 3.73. The highest BCUT2D eigenvalue weighted by Gasteiger charge is 2.20. The number of nitrogens with two attached hydrogens (primary N) is 1. The Balaban J connectivity index is 2.19. The Morgan fingerprint density at radius 2 is 2.10 bits per heavy atom. The minimum Gasteiger partial charge on any atom is -0.381 e. The lowest BCUT2D eigenvalue weighted by Crippen LogP contribution is -2.24. The molecule has 0 bridgehead atoms. The van der Waals surface area contributed by atoms with Crippen molar-refractivity contribution in [1.82, 2.24) is 14.5 Å². The molecule has 0 aliphatic heterocycles. The first-order chi connectivity index (χ1) is 9.29. The summed E-state index contributed by atoms with van der Waals surface area (Å²) in [4.78, 5) is -0.192. The second-order valence-electron chi connectivity index (χ2n) is 4.11. The van der Waals surface area contributed by atoms with Crippen LogP contribution in [0.5, 0.6) is 0 Å². The second-order valence-corrected chi connectivity index (χ2v) is 5.85. The van der Waals surface area contributed by atoms with Crippen LogP contribution in [0.2, 0.25) is 0 Å². The highest BCUT2D eigenvalue weighted by molar-refractivity contribution is 7.89. The van der Waals surface area contributed by atoms with Gasteiger partial charge in [-0.05, 0) is 6.07 Å². The summed E-state index contributed by atoms with van der Waals surface area (Å²) >= 11 is 0. The fourth-order valence-corrected chi connectivity index (χ4v) is 2.72. The average Bonchev–Trinajstić information content (AvgIpc) is 2.68. The highest BCUT2D eigenvalue weighted by atomic mass is 32.2. The first-order valence-electron chi connectivity index (χ1n) is 5.52. The lowest BCUT2D eigenvalue weighted by atomic mass is 10.2. The fraction of sp³-hybridized carbons (Fsp3) is 0.182. The topological polar surface area (TPSA) is 90.0 Å². The second kappa shape index (κ2) is 5.17. The Labute approximate surface area is 114 Å². The number of hydrogen-bond donors (Lipinski definition) is 2. The Morgan fingerprint density at radius 3 is 2.65 bits per heavy atom. The Bertz CT molecular complexity index is 743. The molecule has 0 unspecified atom stereocenters. The molecule has 2 rings (SSSR count). The predicted molar refractivity (Wildman–Crippen MR) is 68.0 cm³/mol.